The number of carboxylic acids is 1. The van der Waals surface area contributed by atoms with Crippen LogP contribution in [0.1, 0.15) is 12.5 Å². The number of hydrogen-bond donors (Lipinski definition) is 2. The van der Waals surface area contributed by atoms with Gasteiger partial charge in [0.25, 0.3) is 5.91 Å². The minimum absolute atomic E-state index is 0.0749. The quantitative estimate of drug-likeness (QED) is 0.859. The number of carbonyl (C=O) groups is 2. The van der Waals surface area contributed by atoms with Gasteiger partial charge in [0, 0.05) is 5.56 Å². The molecule has 6 nitrogen and oxygen atoms in total. The number of carboxylic acid groups (broad SMARTS) is 1. The van der Waals surface area contributed by atoms with Crippen LogP contribution in [-0.2, 0) is 9.59 Å². The van der Waals surface area contributed by atoms with E-state index in [0.717, 1.165) is 5.56 Å². The Labute approximate surface area is 116 Å². The lowest BCUT2D eigenvalue weighted by Gasteiger charge is -2.20. The predicted octanol–water partition coefficient (Wildman–Crippen LogP) is 1.06. The van der Waals surface area contributed by atoms with Crippen LogP contribution in [0, 0.1) is 0 Å². The summed E-state index contributed by atoms with van der Waals surface area (Å²) in [4.78, 5) is 22.6. The van der Waals surface area contributed by atoms with Crippen molar-refractivity contribution in [2.45, 2.75) is 13.0 Å². The standard InChI is InChI=1S/C14H15NO5/c1-8(14(17)18)15-13(16)10-6-9-4-3-5-11(19-2)12(9)20-7-10/h3-6,8H,7H2,1-2H3,(H,15,16)(H,17,18)/t8-/m0/s1. The van der Waals surface area contributed by atoms with E-state index in [1.54, 1.807) is 31.4 Å². The van der Waals surface area contributed by atoms with E-state index in [9.17, 15) is 9.59 Å². The second-order valence-corrected chi connectivity index (χ2v) is 4.37. The molecule has 1 aliphatic heterocycles. The largest absolute Gasteiger partial charge is 0.493 e. The number of ether oxygens (including phenoxy) is 2. The molecular weight excluding hydrogens is 262 g/mol. The van der Waals surface area contributed by atoms with Gasteiger partial charge in [0.2, 0.25) is 0 Å². The SMILES string of the molecule is COc1cccc2c1OCC(C(=O)N[C@@H](C)C(=O)O)=C2. The van der Waals surface area contributed by atoms with Gasteiger partial charge >= 0.3 is 5.97 Å². The third kappa shape index (κ3) is 2.74. The molecule has 0 fully saturated rings. The highest BCUT2D eigenvalue weighted by Crippen LogP contribution is 2.35. The van der Waals surface area contributed by atoms with Crippen molar-refractivity contribution in [2.24, 2.45) is 0 Å². The van der Waals surface area contributed by atoms with E-state index in [-0.39, 0.29) is 6.61 Å². The van der Waals surface area contributed by atoms with Gasteiger partial charge in [0.05, 0.1) is 12.7 Å². The first-order chi connectivity index (χ1) is 9.52. The molecule has 2 rings (SSSR count). The van der Waals surface area contributed by atoms with E-state index < -0.39 is 17.9 Å². The molecule has 1 aliphatic rings. The Hall–Kier alpha value is -2.50. The molecule has 1 aromatic rings. The van der Waals surface area contributed by atoms with Crippen LogP contribution in [0.4, 0.5) is 0 Å². The number of carbonyl (C=O) groups excluding carboxylic acids is 1. The smallest absolute Gasteiger partial charge is 0.325 e. The molecule has 0 aromatic heterocycles. The number of amides is 1. The summed E-state index contributed by atoms with van der Waals surface area (Å²) in [5.74, 6) is -0.360. The van der Waals surface area contributed by atoms with E-state index >= 15 is 0 Å². The van der Waals surface area contributed by atoms with E-state index in [1.165, 1.54) is 6.92 Å². The summed E-state index contributed by atoms with van der Waals surface area (Å²) in [6, 6.07) is 4.41. The minimum atomic E-state index is -1.09. The Morgan fingerprint density at radius 1 is 1.45 bits per heavy atom. The van der Waals surface area contributed by atoms with Gasteiger partial charge in [-0.1, -0.05) is 12.1 Å². The number of para-hydroxylation sites is 1. The molecule has 0 bridgehead atoms. The van der Waals surface area contributed by atoms with Crippen LogP contribution in [0.15, 0.2) is 23.8 Å². The first kappa shape index (κ1) is 13.9. The number of fused-ring (bicyclic) bond motifs is 1. The Bertz CT molecular complexity index is 579. The zero-order chi connectivity index (χ0) is 14.7. The van der Waals surface area contributed by atoms with Gasteiger partial charge in [0.15, 0.2) is 11.5 Å². The van der Waals surface area contributed by atoms with Crippen LogP contribution >= 0.6 is 0 Å². The lowest BCUT2D eigenvalue weighted by atomic mass is 10.1. The minimum Gasteiger partial charge on any atom is -0.493 e. The van der Waals surface area contributed by atoms with Gasteiger partial charge in [-0.05, 0) is 19.1 Å². The molecule has 6 heteroatoms. The molecule has 106 valence electrons. The maximum absolute atomic E-state index is 11.9. The number of methoxy groups -OCH3 is 1. The molecule has 20 heavy (non-hydrogen) atoms. The van der Waals surface area contributed by atoms with Gasteiger partial charge < -0.3 is 19.9 Å². The molecule has 0 saturated carbocycles. The summed E-state index contributed by atoms with van der Waals surface area (Å²) in [6.07, 6.45) is 1.67. The third-order valence-corrected chi connectivity index (χ3v) is 2.94. The molecule has 0 radical (unpaired) electrons. The fraction of sp³-hybridized carbons (Fsp3) is 0.286. The highest BCUT2D eigenvalue weighted by atomic mass is 16.5. The molecule has 0 spiro atoms. The number of rotatable bonds is 4. The van der Waals surface area contributed by atoms with Gasteiger partial charge in [-0.15, -0.1) is 0 Å². The number of nitrogens with one attached hydrogen (secondary N) is 1. The molecule has 2 N–H and O–H groups in total. The fourth-order valence-electron chi connectivity index (χ4n) is 1.82. The normalized spacial score (nSPS) is 14.4. The fourth-order valence-corrected chi connectivity index (χ4v) is 1.82. The Balaban J connectivity index is 2.21. The highest BCUT2D eigenvalue weighted by molar-refractivity contribution is 6.00. The zero-order valence-electron chi connectivity index (χ0n) is 11.2. The number of hydrogen-bond acceptors (Lipinski definition) is 4. The molecular formula is C14H15NO5. The Morgan fingerprint density at radius 2 is 2.20 bits per heavy atom. The van der Waals surface area contributed by atoms with Crippen LogP contribution in [0.2, 0.25) is 0 Å². The average Bonchev–Trinajstić information content (AvgIpc) is 2.45. The van der Waals surface area contributed by atoms with Crippen molar-refractivity contribution in [3.8, 4) is 11.5 Å². The molecule has 0 aliphatic carbocycles. The average molecular weight is 277 g/mol. The van der Waals surface area contributed by atoms with Crippen molar-refractivity contribution >= 4 is 18.0 Å². The zero-order valence-corrected chi connectivity index (χ0v) is 11.2. The van der Waals surface area contributed by atoms with Crippen molar-refractivity contribution in [3.05, 3.63) is 29.3 Å². The Morgan fingerprint density at radius 3 is 2.85 bits per heavy atom. The number of benzene rings is 1. The maximum atomic E-state index is 11.9. The highest BCUT2D eigenvalue weighted by Gasteiger charge is 2.22. The molecule has 1 heterocycles. The molecule has 0 saturated heterocycles. The summed E-state index contributed by atoms with van der Waals surface area (Å²) >= 11 is 0. The van der Waals surface area contributed by atoms with Crippen LogP contribution in [-0.4, -0.2) is 36.7 Å². The monoisotopic (exact) mass is 277 g/mol. The van der Waals surface area contributed by atoms with Crippen molar-refractivity contribution in [1.29, 1.82) is 0 Å². The Kier molecular flexibility index (Phi) is 3.93. The van der Waals surface area contributed by atoms with Gasteiger partial charge in [-0.25, -0.2) is 0 Å². The van der Waals surface area contributed by atoms with Crippen molar-refractivity contribution in [2.75, 3.05) is 13.7 Å². The van der Waals surface area contributed by atoms with E-state index in [4.69, 9.17) is 14.6 Å². The second-order valence-electron chi connectivity index (χ2n) is 4.37. The predicted molar refractivity (Wildman–Crippen MR) is 71.7 cm³/mol. The van der Waals surface area contributed by atoms with Gasteiger partial charge in [-0.2, -0.15) is 0 Å². The molecule has 1 atom stereocenters. The van der Waals surface area contributed by atoms with Crippen LogP contribution < -0.4 is 14.8 Å². The topological polar surface area (TPSA) is 84.9 Å². The van der Waals surface area contributed by atoms with E-state index in [2.05, 4.69) is 5.32 Å². The third-order valence-electron chi connectivity index (χ3n) is 2.94. The lowest BCUT2D eigenvalue weighted by molar-refractivity contribution is -0.140. The first-order valence-electron chi connectivity index (χ1n) is 6.07. The van der Waals surface area contributed by atoms with Gasteiger partial charge in [0.1, 0.15) is 12.6 Å². The van der Waals surface area contributed by atoms with Crippen LogP contribution in [0.5, 0.6) is 11.5 Å². The summed E-state index contributed by atoms with van der Waals surface area (Å²) in [5, 5.41) is 11.2. The summed E-state index contributed by atoms with van der Waals surface area (Å²) in [7, 11) is 1.54. The first-order valence-corrected chi connectivity index (χ1v) is 6.07. The maximum Gasteiger partial charge on any atom is 0.325 e. The van der Waals surface area contributed by atoms with Crippen LogP contribution in [0.3, 0.4) is 0 Å². The second kappa shape index (κ2) is 5.64. The summed E-state index contributed by atoms with van der Waals surface area (Å²) in [5.41, 5.74) is 1.10. The summed E-state index contributed by atoms with van der Waals surface area (Å²) < 4.78 is 10.7. The van der Waals surface area contributed by atoms with Crippen LogP contribution in [0.25, 0.3) is 6.08 Å². The van der Waals surface area contributed by atoms with E-state index in [1.807, 2.05) is 0 Å². The molecule has 1 amide bonds. The molecule has 0 unspecified atom stereocenters. The summed E-state index contributed by atoms with van der Waals surface area (Å²) in [6.45, 7) is 1.48. The van der Waals surface area contributed by atoms with Gasteiger partial charge in [-0.3, -0.25) is 9.59 Å². The lowest BCUT2D eigenvalue weighted by Crippen LogP contribution is -2.40. The van der Waals surface area contributed by atoms with Crippen molar-refractivity contribution in [3.63, 3.8) is 0 Å². The number of aliphatic carboxylic acids is 1. The van der Waals surface area contributed by atoms with Crippen molar-refractivity contribution < 1.29 is 24.2 Å². The molecule has 1 aromatic carbocycles. The van der Waals surface area contributed by atoms with E-state index in [0.29, 0.717) is 17.1 Å². The van der Waals surface area contributed by atoms with Crippen molar-refractivity contribution in [1.82, 2.24) is 5.32 Å².